The monoisotopic (exact) mass is 409 g/mol. The second kappa shape index (κ2) is 9.94. The lowest BCUT2D eigenvalue weighted by Gasteiger charge is -2.26. The van der Waals surface area contributed by atoms with Crippen LogP contribution in [0.4, 0.5) is 4.39 Å². The molecule has 1 aromatic rings. The van der Waals surface area contributed by atoms with Gasteiger partial charge in [0.1, 0.15) is 5.82 Å². The molecule has 0 amide bonds. The number of ether oxygens (including phenoxy) is 1. The Kier molecular flexibility index (Phi) is 9.52. The van der Waals surface area contributed by atoms with Crippen LogP contribution in [0, 0.1) is 5.82 Å². The number of nitrogens with zero attached hydrogens (tertiary/aromatic N) is 1. The number of guanidine groups is 1. The maximum atomic E-state index is 13.0. The van der Waals surface area contributed by atoms with E-state index in [-0.39, 0.29) is 35.2 Å². The first kappa shape index (κ1) is 20.1. The second-order valence-corrected chi connectivity index (χ2v) is 5.24. The predicted octanol–water partition coefficient (Wildman–Crippen LogP) is 2.53. The zero-order valence-corrected chi connectivity index (χ0v) is 15.4. The van der Waals surface area contributed by atoms with Crippen molar-refractivity contribution >= 4 is 29.9 Å². The molecule has 0 saturated carbocycles. The molecule has 6 heteroatoms. The van der Waals surface area contributed by atoms with Crippen molar-refractivity contribution in [3.8, 4) is 0 Å². The van der Waals surface area contributed by atoms with Crippen LogP contribution < -0.4 is 10.6 Å². The molecule has 120 valence electrons. The summed E-state index contributed by atoms with van der Waals surface area (Å²) >= 11 is 0. The molecule has 0 radical (unpaired) electrons. The minimum atomic E-state index is -0.213. The van der Waals surface area contributed by atoms with Gasteiger partial charge < -0.3 is 15.4 Å². The van der Waals surface area contributed by atoms with E-state index >= 15 is 0 Å². The van der Waals surface area contributed by atoms with Crippen LogP contribution in [-0.4, -0.2) is 39.8 Å². The number of nitrogens with one attached hydrogen (secondary N) is 2. The number of halogens is 2. The molecule has 0 spiro atoms. The third-order valence-corrected chi connectivity index (χ3v) is 3.15. The molecule has 0 atom stereocenters. The quantitative estimate of drug-likeness (QED) is 0.329. The molecule has 2 N–H and O–H groups in total. The van der Waals surface area contributed by atoms with Crippen LogP contribution in [0.25, 0.3) is 0 Å². The molecule has 0 saturated heterocycles. The van der Waals surface area contributed by atoms with Gasteiger partial charge in [-0.15, -0.1) is 24.0 Å². The van der Waals surface area contributed by atoms with Gasteiger partial charge in [-0.1, -0.05) is 26.0 Å². The molecule has 1 rings (SSSR count). The van der Waals surface area contributed by atoms with Crippen molar-refractivity contribution in [2.75, 3.05) is 33.9 Å². The van der Waals surface area contributed by atoms with E-state index in [9.17, 15) is 4.39 Å². The molecule has 0 aliphatic rings. The van der Waals surface area contributed by atoms with Crippen molar-refractivity contribution in [3.05, 3.63) is 35.6 Å². The molecule has 4 nitrogen and oxygen atoms in total. The average Bonchev–Trinajstić information content (AvgIpc) is 2.43. The molecular formula is C15H25FIN3O. The van der Waals surface area contributed by atoms with Gasteiger partial charge in [0.2, 0.25) is 0 Å². The van der Waals surface area contributed by atoms with E-state index < -0.39 is 0 Å². The van der Waals surface area contributed by atoms with Gasteiger partial charge in [0.15, 0.2) is 5.96 Å². The number of benzene rings is 1. The molecular weight excluding hydrogens is 384 g/mol. The molecule has 1 aromatic carbocycles. The summed E-state index contributed by atoms with van der Waals surface area (Å²) in [5.74, 6) is 0.520. The summed E-state index contributed by atoms with van der Waals surface area (Å²) in [5, 5.41) is 6.43. The van der Waals surface area contributed by atoms with Gasteiger partial charge in [-0.25, -0.2) is 4.39 Å². The first-order chi connectivity index (χ1) is 9.49. The largest absolute Gasteiger partial charge is 0.383 e. The lowest BCUT2D eigenvalue weighted by atomic mass is 9.84. The lowest BCUT2D eigenvalue weighted by molar-refractivity contribution is 0.203. The Hall–Kier alpha value is -0.890. The van der Waals surface area contributed by atoms with Crippen LogP contribution in [0.15, 0.2) is 29.3 Å². The Morgan fingerprint density at radius 3 is 2.38 bits per heavy atom. The summed E-state index contributed by atoms with van der Waals surface area (Å²) in [6.45, 7) is 6.24. The standard InChI is InChI=1S/C15H24FN3O.HI/c1-15(2,12-5-7-13(16)8-6-12)11-19-14(17-3)18-9-10-20-4;/h5-8H,9-11H2,1-4H3,(H2,17,18,19);1H. The van der Waals surface area contributed by atoms with Crippen molar-refractivity contribution < 1.29 is 9.13 Å². The van der Waals surface area contributed by atoms with Crippen LogP contribution in [0.3, 0.4) is 0 Å². The molecule has 21 heavy (non-hydrogen) atoms. The van der Waals surface area contributed by atoms with E-state index in [0.29, 0.717) is 19.7 Å². The van der Waals surface area contributed by atoms with Crippen molar-refractivity contribution in [2.45, 2.75) is 19.3 Å². The fraction of sp³-hybridized carbons (Fsp3) is 0.533. The summed E-state index contributed by atoms with van der Waals surface area (Å²) in [7, 11) is 3.39. The van der Waals surface area contributed by atoms with E-state index in [0.717, 1.165) is 11.5 Å². The van der Waals surface area contributed by atoms with Gasteiger partial charge in [-0.3, -0.25) is 4.99 Å². The predicted molar refractivity (Wildman–Crippen MR) is 96.1 cm³/mol. The topological polar surface area (TPSA) is 45.7 Å². The van der Waals surface area contributed by atoms with Crippen molar-refractivity contribution in [3.63, 3.8) is 0 Å². The van der Waals surface area contributed by atoms with Gasteiger partial charge in [0.25, 0.3) is 0 Å². The highest BCUT2D eigenvalue weighted by molar-refractivity contribution is 14.0. The number of aliphatic imine (C=N–C) groups is 1. The smallest absolute Gasteiger partial charge is 0.191 e. The minimum absolute atomic E-state index is 0. The number of rotatable bonds is 6. The maximum absolute atomic E-state index is 13.0. The Balaban J connectivity index is 0.00000400. The van der Waals surface area contributed by atoms with Crippen LogP contribution in [-0.2, 0) is 10.2 Å². The van der Waals surface area contributed by atoms with Gasteiger partial charge >= 0.3 is 0 Å². The Bertz CT molecular complexity index is 435. The number of hydrogen-bond acceptors (Lipinski definition) is 2. The Morgan fingerprint density at radius 2 is 1.86 bits per heavy atom. The Morgan fingerprint density at radius 1 is 1.24 bits per heavy atom. The summed E-state index contributed by atoms with van der Waals surface area (Å²) < 4.78 is 17.9. The normalized spacial score (nSPS) is 11.8. The fourth-order valence-corrected chi connectivity index (χ4v) is 1.80. The summed E-state index contributed by atoms with van der Waals surface area (Å²) in [5.41, 5.74) is 0.964. The molecule has 0 aromatic heterocycles. The van der Waals surface area contributed by atoms with Crippen LogP contribution in [0.5, 0.6) is 0 Å². The number of hydrogen-bond donors (Lipinski definition) is 2. The minimum Gasteiger partial charge on any atom is -0.383 e. The van der Waals surface area contributed by atoms with Gasteiger partial charge in [-0.2, -0.15) is 0 Å². The average molecular weight is 409 g/mol. The molecule has 0 unspecified atom stereocenters. The van der Waals surface area contributed by atoms with E-state index in [2.05, 4.69) is 29.5 Å². The van der Waals surface area contributed by atoms with Crippen molar-refractivity contribution in [2.24, 2.45) is 4.99 Å². The molecule has 0 aliphatic carbocycles. The SMILES string of the molecule is CN=C(NCCOC)NCC(C)(C)c1ccc(F)cc1.I. The molecule has 0 heterocycles. The zero-order valence-electron chi connectivity index (χ0n) is 13.1. The van der Waals surface area contributed by atoms with Crippen LogP contribution in [0.1, 0.15) is 19.4 Å². The van der Waals surface area contributed by atoms with Crippen LogP contribution in [0.2, 0.25) is 0 Å². The first-order valence-corrected chi connectivity index (χ1v) is 6.69. The summed E-state index contributed by atoms with van der Waals surface area (Å²) in [4.78, 5) is 4.15. The van der Waals surface area contributed by atoms with E-state index in [4.69, 9.17) is 4.74 Å². The van der Waals surface area contributed by atoms with Gasteiger partial charge in [-0.05, 0) is 17.7 Å². The summed E-state index contributed by atoms with van der Waals surface area (Å²) in [6.07, 6.45) is 0. The highest BCUT2D eigenvalue weighted by Crippen LogP contribution is 2.22. The lowest BCUT2D eigenvalue weighted by Crippen LogP contribution is -2.44. The molecule has 0 fully saturated rings. The zero-order chi connectivity index (χ0) is 15.0. The molecule has 0 aliphatic heterocycles. The van der Waals surface area contributed by atoms with E-state index in [1.807, 2.05) is 12.1 Å². The van der Waals surface area contributed by atoms with Crippen molar-refractivity contribution in [1.29, 1.82) is 0 Å². The molecule has 0 bridgehead atoms. The second-order valence-electron chi connectivity index (χ2n) is 5.24. The Labute approximate surface area is 143 Å². The third-order valence-electron chi connectivity index (χ3n) is 3.15. The van der Waals surface area contributed by atoms with E-state index in [1.54, 1.807) is 14.2 Å². The highest BCUT2D eigenvalue weighted by atomic mass is 127. The van der Waals surface area contributed by atoms with Gasteiger partial charge in [0.05, 0.1) is 6.61 Å². The van der Waals surface area contributed by atoms with Crippen LogP contribution >= 0.6 is 24.0 Å². The maximum Gasteiger partial charge on any atom is 0.191 e. The fourth-order valence-electron chi connectivity index (χ4n) is 1.80. The highest BCUT2D eigenvalue weighted by Gasteiger charge is 2.20. The first-order valence-electron chi connectivity index (χ1n) is 6.69. The number of methoxy groups -OCH3 is 1. The van der Waals surface area contributed by atoms with Crippen molar-refractivity contribution in [1.82, 2.24) is 10.6 Å². The third kappa shape index (κ3) is 7.08. The van der Waals surface area contributed by atoms with Gasteiger partial charge in [0, 0.05) is 32.7 Å². The summed E-state index contributed by atoms with van der Waals surface area (Å²) in [6, 6.07) is 6.61. The van der Waals surface area contributed by atoms with E-state index in [1.165, 1.54) is 12.1 Å².